The van der Waals surface area contributed by atoms with E-state index in [1.165, 1.54) is 25.3 Å². The highest BCUT2D eigenvalue weighted by Gasteiger charge is 2.53. The van der Waals surface area contributed by atoms with Gasteiger partial charge < -0.3 is 30.2 Å². The smallest absolute Gasteiger partial charge is 0.419 e. The van der Waals surface area contributed by atoms with E-state index in [1.54, 1.807) is 46.9 Å². The van der Waals surface area contributed by atoms with Gasteiger partial charge in [-0.1, -0.05) is 18.8 Å². The Morgan fingerprint density at radius 2 is 1.91 bits per heavy atom. The number of unbranched alkanes of at least 4 members (excludes halogenated alkanes) is 1. The number of nitrogens with two attached hydrogens (primary N) is 1. The lowest BCUT2D eigenvalue weighted by Crippen LogP contribution is -2.65. The summed E-state index contributed by atoms with van der Waals surface area (Å²) in [4.78, 5) is 52.9. The largest absolute Gasteiger partial charge is 0.449 e. The molecule has 2 atom stereocenters. The number of nitrogens with zero attached hydrogens (tertiary/aromatic N) is 5. The Hall–Kier alpha value is -4.68. The lowest BCUT2D eigenvalue weighted by molar-refractivity contribution is -0.125. The van der Waals surface area contributed by atoms with Gasteiger partial charge in [-0.25, -0.2) is 24.5 Å². The van der Waals surface area contributed by atoms with Gasteiger partial charge in [0.1, 0.15) is 17.5 Å². The normalized spacial score (nSPS) is 15.7. The second kappa shape index (κ2) is 15.5. The predicted molar refractivity (Wildman–Crippen MR) is 173 cm³/mol. The fourth-order valence-electron chi connectivity index (χ4n) is 4.21. The molecule has 3 rings (SSSR count). The lowest BCUT2D eigenvalue weighted by atomic mass is 10.0. The van der Waals surface area contributed by atoms with Crippen molar-refractivity contribution in [1.29, 1.82) is 0 Å². The molecule has 0 fully saturated rings. The molecule has 0 saturated carbocycles. The number of likely N-dealkylation sites (N-methyl/N-ethyl adjacent to an activating group) is 1. The van der Waals surface area contributed by atoms with Crippen LogP contribution < -0.4 is 26.6 Å². The minimum Gasteiger partial charge on any atom is -0.449 e. The summed E-state index contributed by atoms with van der Waals surface area (Å²) in [5, 5.41) is 9.23. The third-order valence-electron chi connectivity index (χ3n) is 6.79. The quantitative estimate of drug-likeness (QED) is 0.150. The first-order valence-corrected chi connectivity index (χ1v) is 15.2. The molecule has 0 bridgehead atoms. The number of methoxy groups -OCH3 is 1. The minimum absolute atomic E-state index is 0.185. The molecule has 3 amide bonds. The van der Waals surface area contributed by atoms with Crippen molar-refractivity contribution < 1.29 is 28.6 Å². The minimum atomic E-state index is -1.52. The zero-order chi connectivity index (χ0) is 34.1. The summed E-state index contributed by atoms with van der Waals surface area (Å²) < 4.78 is 15.8. The molecule has 3 heterocycles. The standard InChI is InChI=1S/C31H45N9O6/c1-9-15-33-24-21(14-12-11-13-16-34-26(41)20(3)39(7)28(42)46-30(4,5)6)18-36-27(38-24)37-22-17-23-25(35-19-22)40(29(43)45-10-2)31(23,32)44-8/h17-20H,9-11,13,15-16,32H2,1-8H3,(H,34,41)(H2,33,36,37,38)/t20-,31-/m0/s1. The Bertz CT molecular complexity index is 1470. The number of ether oxygens (including phenoxy) is 3. The van der Waals surface area contributed by atoms with Crippen LogP contribution in [0.15, 0.2) is 18.5 Å². The Morgan fingerprint density at radius 1 is 1.17 bits per heavy atom. The van der Waals surface area contributed by atoms with Gasteiger partial charge in [-0.3, -0.25) is 15.4 Å². The maximum Gasteiger partial charge on any atom is 0.419 e. The summed E-state index contributed by atoms with van der Waals surface area (Å²) in [6.45, 7) is 12.0. The summed E-state index contributed by atoms with van der Waals surface area (Å²) in [5.74, 6) is 5.64. The number of anilines is 4. The predicted octanol–water partition coefficient (Wildman–Crippen LogP) is 3.63. The third kappa shape index (κ3) is 8.73. The van der Waals surface area contributed by atoms with E-state index in [9.17, 15) is 14.4 Å². The topological polar surface area (TPSA) is 186 Å². The number of fused-ring (bicyclic) bond motifs is 1. The van der Waals surface area contributed by atoms with E-state index in [0.29, 0.717) is 60.3 Å². The molecule has 0 aromatic carbocycles. The molecule has 15 nitrogen and oxygen atoms in total. The van der Waals surface area contributed by atoms with E-state index in [2.05, 4.69) is 42.7 Å². The molecule has 250 valence electrons. The fraction of sp³-hybridized carbons (Fsp3) is 0.548. The van der Waals surface area contributed by atoms with Gasteiger partial charge in [0.25, 0.3) is 0 Å². The van der Waals surface area contributed by atoms with E-state index in [-0.39, 0.29) is 12.5 Å². The van der Waals surface area contributed by atoms with Crippen LogP contribution in [-0.4, -0.2) is 83.4 Å². The van der Waals surface area contributed by atoms with Gasteiger partial charge >= 0.3 is 12.2 Å². The number of aromatic nitrogens is 3. The zero-order valence-corrected chi connectivity index (χ0v) is 27.8. The monoisotopic (exact) mass is 639 g/mol. The average molecular weight is 640 g/mol. The van der Waals surface area contributed by atoms with Crippen LogP contribution in [0.5, 0.6) is 0 Å². The molecule has 2 aromatic heterocycles. The summed E-state index contributed by atoms with van der Waals surface area (Å²) in [5.41, 5.74) is 7.36. The number of carbonyl (C=O) groups is 3. The number of carbonyl (C=O) groups excluding carboxylic acids is 3. The van der Waals surface area contributed by atoms with Crippen LogP contribution in [0.2, 0.25) is 0 Å². The molecule has 0 radical (unpaired) electrons. The van der Waals surface area contributed by atoms with Crippen molar-refractivity contribution in [3.63, 3.8) is 0 Å². The van der Waals surface area contributed by atoms with Gasteiger partial charge in [0.05, 0.1) is 35.8 Å². The van der Waals surface area contributed by atoms with Crippen molar-refractivity contribution in [2.24, 2.45) is 5.73 Å². The summed E-state index contributed by atoms with van der Waals surface area (Å²) in [6.07, 6.45) is 3.96. The van der Waals surface area contributed by atoms with Crippen molar-refractivity contribution in [2.75, 3.05) is 49.4 Å². The van der Waals surface area contributed by atoms with E-state index >= 15 is 0 Å². The number of amides is 3. The lowest BCUT2D eigenvalue weighted by Gasteiger charge is -2.47. The van der Waals surface area contributed by atoms with Crippen molar-refractivity contribution in [3.05, 3.63) is 29.6 Å². The Morgan fingerprint density at radius 3 is 2.57 bits per heavy atom. The van der Waals surface area contributed by atoms with Gasteiger partial charge in [-0.05, 0) is 53.5 Å². The number of pyridine rings is 1. The van der Waals surface area contributed by atoms with Crippen molar-refractivity contribution >= 4 is 41.4 Å². The SMILES string of the molecule is CCCNc1nc(Nc2cnc3c(c2)[C@@](N)(OC)N3C(=O)OCC)ncc1C#CCCCNC(=O)[C@H](C)N(C)C(=O)OC(C)(C)C. The summed E-state index contributed by atoms with van der Waals surface area (Å²) >= 11 is 0. The average Bonchev–Trinajstić information content (AvgIpc) is 3.00. The molecule has 15 heteroatoms. The molecule has 0 spiro atoms. The number of rotatable bonds is 12. The van der Waals surface area contributed by atoms with Crippen molar-refractivity contribution in [1.82, 2.24) is 25.2 Å². The van der Waals surface area contributed by atoms with E-state index in [4.69, 9.17) is 19.9 Å². The molecular weight excluding hydrogens is 594 g/mol. The maximum atomic E-state index is 12.5. The molecule has 46 heavy (non-hydrogen) atoms. The molecule has 1 aliphatic rings. The van der Waals surface area contributed by atoms with Crippen LogP contribution in [0.25, 0.3) is 0 Å². The first-order chi connectivity index (χ1) is 21.7. The van der Waals surface area contributed by atoms with E-state index in [1.807, 2.05) is 6.92 Å². The van der Waals surface area contributed by atoms with Crippen LogP contribution in [0, 0.1) is 11.8 Å². The molecule has 1 aliphatic heterocycles. The highest BCUT2D eigenvalue weighted by Crippen LogP contribution is 2.45. The van der Waals surface area contributed by atoms with Crippen molar-refractivity contribution in [3.8, 4) is 11.8 Å². The van der Waals surface area contributed by atoms with Crippen molar-refractivity contribution in [2.45, 2.75) is 78.3 Å². The van der Waals surface area contributed by atoms with Crippen LogP contribution in [-0.2, 0) is 24.9 Å². The van der Waals surface area contributed by atoms with Crippen LogP contribution in [0.3, 0.4) is 0 Å². The first kappa shape index (κ1) is 35.8. The first-order valence-electron chi connectivity index (χ1n) is 15.2. The number of hydrogen-bond acceptors (Lipinski definition) is 12. The highest BCUT2D eigenvalue weighted by atomic mass is 16.6. The van der Waals surface area contributed by atoms with Gasteiger partial charge in [0.15, 0.2) is 5.82 Å². The molecule has 0 aliphatic carbocycles. The second-order valence-electron chi connectivity index (χ2n) is 11.5. The van der Waals surface area contributed by atoms with Gasteiger partial charge in [0, 0.05) is 33.7 Å². The Kier molecular flexibility index (Phi) is 12.1. The molecule has 5 N–H and O–H groups in total. The van der Waals surface area contributed by atoms with Crippen LogP contribution in [0.1, 0.15) is 71.9 Å². The number of hydrogen-bond donors (Lipinski definition) is 4. The summed E-state index contributed by atoms with van der Waals surface area (Å²) in [6, 6.07) is 1.03. The van der Waals surface area contributed by atoms with Gasteiger partial charge in [-0.2, -0.15) is 4.98 Å². The van der Waals surface area contributed by atoms with E-state index in [0.717, 1.165) is 11.3 Å². The Labute approximate surface area is 270 Å². The number of nitrogens with one attached hydrogen (secondary N) is 3. The molecule has 0 unspecified atom stereocenters. The van der Waals surface area contributed by atoms with Gasteiger partial charge in [-0.15, -0.1) is 0 Å². The zero-order valence-electron chi connectivity index (χ0n) is 27.8. The highest BCUT2D eigenvalue weighted by molar-refractivity contribution is 5.94. The molecule has 0 saturated heterocycles. The summed E-state index contributed by atoms with van der Waals surface area (Å²) in [7, 11) is 2.93. The molecule has 2 aromatic rings. The van der Waals surface area contributed by atoms with Crippen LogP contribution in [0.4, 0.5) is 32.9 Å². The Balaban J connectivity index is 1.61. The fourth-order valence-corrected chi connectivity index (χ4v) is 4.21. The second-order valence-corrected chi connectivity index (χ2v) is 11.5. The molecular formula is C31H45N9O6. The van der Waals surface area contributed by atoms with Gasteiger partial charge in [0.2, 0.25) is 17.7 Å². The third-order valence-corrected chi connectivity index (χ3v) is 6.79. The van der Waals surface area contributed by atoms with Crippen LogP contribution >= 0.6 is 0 Å². The maximum absolute atomic E-state index is 12.5. The van der Waals surface area contributed by atoms with E-state index < -0.39 is 29.7 Å².